The number of carbonyl (C=O) groups is 2. The number of hydrogen-bond acceptors (Lipinski definition) is 7. The van der Waals surface area contributed by atoms with E-state index >= 15 is 0 Å². The van der Waals surface area contributed by atoms with Gasteiger partial charge in [0.2, 0.25) is 0 Å². The molecular weight excluding hydrogens is 462 g/mol. The quantitative estimate of drug-likeness (QED) is 0.337. The van der Waals surface area contributed by atoms with Crippen LogP contribution in [0.2, 0.25) is 0 Å². The van der Waals surface area contributed by atoms with Crippen LogP contribution in [0.1, 0.15) is 43.7 Å². The zero-order chi connectivity index (χ0) is 25.8. The molecule has 2 aromatic carbocycles. The Morgan fingerprint density at radius 2 is 1.83 bits per heavy atom. The van der Waals surface area contributed by atoms with Crippen molar-refractivity contribution < 1.29 is 24.4 Å². The molecule has 2 aliphatic heterocycles. The number of carbonyl (C=O) groups excluding carboxylic acids is 1. The average Bonchev–Trinajstić information content (AvgIpc) is 2.84. The third kappa shape index (κ3) is 5.46. The third-order valence-electron chi connectivity index (χ3n) is 6.61. The number of carboxylic acid groups (broad SMARTS) is 1. The summed E-state index contributed by atoms with van der Waals surface area (Å²) < 4.78 is 5.93. The van der Waals surface area contributed by atoms with Gasteiger partial charge in [-0.15, -0.1) is 0 Å². The predicted molar refractivity (Wildman–Crippen MR) is 133 cm³/mol. The van der Waals surface area contributed by atoms with Crippen LogP contribution in [0.4, 0.5) is 5.69 Å². The Kier molecular flexibility index (Phi) is 7.49. The fraction of sp³-hybridized carbons (Fsp3) is 0.333. The second-order valence-corrected chi connectivity index (χ2v) is 9.18. The minimum atomic E-state index is -1.21. The zero-order valence-corrected chi connectivity index (χ0v) is 20.3. The molecule has 0 radical (unpaired) electrons. The van der Waals surface area contributed by atoms with Crippen LogP contribution in [0.15, 0.2) is 77.1 Å². The molecule has 0 bridgehead atoms. The first kappa shape index (κ1) is 25.1. The molecule has 1 saturated heterocycles. The summed E-state index contributed by atoms with van der Waals surface area (Å²) in [6.45, 7) is 5.52. The van der Waals surface area contributed by atoms with Crippen molar-refractivity contribution in [1.29, 1.82) is 0 Å². The lowest BCUT2D eigenvalue weighted by atomic mass is 9.80. The molecule has 2 aromatic rings. The summed E-state index contributed by atoms with van der Waals surface area (Å²) in [5.41, 5.74) is 2.31. The fourth-order valence-corrected chi connectivity index (χ4v) is 5.01. The number of benzene rings is 2. The topological polar surface area (TPSA) is 122 Å². The number of dihydropyridines is 1. The molecule has 0 aromatic heterocycles. The van der Waals surface area contributed by atoms with Crippen LogP contribution in [-0.4, -0.2) is 46.1 Å². The maximum Gasteiger partial charge on any atom is 0.337 e. The van der Waals surface area contributed by atoms with Crippen LogP contribution in [0.25, 0.3) is 0 Å². The minimum absolute atomic E-state index is 0.0394. The van der Waals surface area contributed by atoms with E-state index < -0.39 is 22.8 Å². The van der Waals surface area contributed by atoms with Gasteiger partial charge >= 0.3 is 11.9 Å². The molecule has 36 heavy (non-hydrogen) atoms. The van der Waals surface area contributed by atoms with Crippen LogP contribution in [0.5, 0.6) is 0 Å². The molecule has 4 rings (SSSR count). The number of allylic oxidation sites excluding steroid dienone is 2. The Bertz CT molecular complexity index is 1240. The van der Waals surface area contributed by atoms with Gasteiger partial charge in [0.1, 0.15) is 6.10 Å². The summed E-state index contributed by atoms with van der Waals surface area (Å²) in [5.74, 6) is -2.82. The number of piperidine rings is 1. The van der Waals surface area contributed by atoms with Gasteiger partial charge in [-0.3, -0.25) is 15.0 Å². The van der Waals surface area contributed by atoms with Gasteiger partial charge in [0.15, 0.2) is 0 Å². The SMILES string of the molecule is CC1=C(C(=O)O)C(c2cccc([N+](=O)[O-])c2)C(C(=O)O[C@@H]2CCCN(Cc3ccccc3)C2)=C(C)N1. The second-order valence-electron chi connectivity index (χ2n) is 9.18. The molecular formula is C27H29N3O6. The van der Waals surface area contributed by atoms with Gasteiger partial charge in [-0.2, -0.15) is 0 Å². The number of nitrogens with one attached hydrogen (secondary N) is 1. The summed E-state index contributed by atoms with van der Waals surface area (Å²) in [7, 11) is 0. The van der Waals surface area contributed by atoms with Crippen LogP contribution < -0.4 is 5.32 Å². The number of rotatable bonds is 7. The number of likely N-dealkylation sites (tertiary alicyclic amines) is 1. The molecule has 1 fully saturated rings. The average molecular weight is 492 g/mol. The molecule has 0 amide bonds. The largest absolute Gasteiger partial charge is 0.478 e. The van der Waals surface area contributed by atoms with Crippen molar-refractivity contribution in [2.24, 2.45) is 0 Å². The van der Waals surface area contributed by atoms with Gasteiger partial charge in [0.05, 0.1) is 22.0 Å². The van der Waals surface area contributed by atoms with Crippen LogP contribution >= 0.6 is 0 Å². The Hall–Kier alpha value is -3.98. The molecule has 2 aliphatic rings. The Balaban J connectivity index is 1.60. The van der Waals surface area contributed by atoms with E-state index in [1.54, 1.807) is 19.9 Å². The van der Waals surface area contributed by atoms with Gasteiger partial charge in [-0.05, 0) is 44.4 Å². The number of carboxylic acids is 1. The van der Waals surface area contributed by atoms with Crippen molar-refractivity contribution in [3.8, 4) is 0 Å². The van der Waals surface area contributed by atoms with Gasteiger partial charge in [-0.1, -0.05) is 42.5 Å². The number of esters is 1. The second kappa shape index (κ2) is 10.7. The number of ether oxygens (including phenoxy) is 1. The summed E-state index contributed by atoms with van der Waals surface area (Å²) in [6, 6.07) is 15.8. The summed E-state index contributed by atoms with van der Waals surface area (Å²) in [4.78, 5) is 38.8. The number of hydrogen-bond donors (Lipinski definition) is 2. The molecule has 2 N–H and O–H groups in total. The number of nitrogens with zero attached hydrogens (tertiary/aromatic N) is 2. The van der Waals surface area contributed by atoms with E-state index in [1.807, 2.05) is 18.2 Å². The van der Waals surface area contributed by atoms with E-state index in [4.69, 9.17) is 4.74 Å². The molecule has 2 atom stereocenters. The first-order chi connectivity index (χ1) is 17.2. The summed E-state index contributed by atoms with van der Waals surface area (Å²) in [6.07, 6.45) is 1.23. The number of non-ortho nitro benzene ring substituents is 1. The number of nitro benzene ring substituents is 1. The van der Waals surface area contributed by atoms with Crippen molar-refractivity contribution in [2.45, 2.75) is 45.3 Å². The monoisotopic (exact) mass is 491 g/mol. The van der Waals surface area contributed by atoms with Crippen molar-refractivity contribution >= 4 is 17.6 Å². The van der Waals surface area contributed by atoms with Gasteiger partial charge < -0.3 is 15.2 Å². The van der Waals surface area contributed by atoms with Crippen molar-refractivity contribution in [3.05, 3.63) is 98.4 Å². The normalized spacial score (nSPS) is 20.6. The third-order valence-corrected chi connectivity index (χ3v) is 6.61. The van der Waals surface area contributed by atoms with Gasteiger partial charge in [-0.25, -0.2) is 9.59 Å². The molecule has 0 saturated carbocycles. The maximum absolute atomic E-state index is 13.5. The summed E-state index contributed by atoms with van der Waals surface area (Å²) >= 11 is 0. The van der Waals surface area contributed by atoms with Gasteiger partial charge in [0, 0.05) is 36.6 Å². The van der Waals surface area contributed by atoms with E-state index in [9.17, 15) is 24.8 Å². The van der Waals surface area contributed by atoms with E-state index in [1.165, 1.54) is 23.8 Å². The zero-order valence-electron chi connectivity index (χ0n) is 20.3. The van der Waals surface area contributed by atoms with Crippen molar-refractivity contribution in [3.63, 3.8) is 0 Å². The van der Waals surface area contributed by atoms with E-state index in [0.29, 0.717) is 29.9 Å². The molecule has 1 unspecified atom stereocenters. The molecule has 0 spiro atoms. The molecule has 9 nitrogen and oxygen atoms in total. The smallest absolute Gasteiger partial charge is 0.337 e. The van der Waals surface area contributed by atoms with Gasteiger partial charge in [0.25, 0.3) is 5.69 Å². The number of nitro groups is 1. The fourth-order valence-electron chi connectivity index (χ4n) is 5.01. The lowest BCUT2D eigenvalue weighted by Gasteiger charge is -2.34. The Labute approximate surface area is 209 Å². The lowest BCUT2D eigenvalue weighted by Crippen LogP contribution is -2.41. The lowest BCUT2D eigenvalue weighted by molar-refractivity contribution is -0.384. The summed E-state index contributed by atoms with van der Waals surface area (Å²) in [5, 5.41) is 24.4. The van der Waals surface area contributed by atoms with Crippen molar-refractivity contribution in [1.82, 2.24) is 10.2 Å². The highest BCUT2D eigenvalue weighted by Crippen LogP contribution is 2.40. The van der Waals surface area contributed by atoms with E-state index in [0.717, 1.165) is 19.5 Å². The highest BCUT2D eigenvalue weighted by atomic mass is 16.6. The van der Waals surface area contributed by atoms with Crippen molar-refractivity contribution in [2.75, 3.05) is 13.1 Å². The predicted octanol–water partition coefficient (Wildman–Crippen LogP) is 4.12. The Morgan fingerprint density at radius 3 is 2.53 bits per heavy atom. The molecule has 0 aliphatic carbocycles. The maximum atomic E-state index is 13.5. The molecule has 2 heterocycles. The Morgan fingerprint density at radius 1 is 1.11 bits per heavy atom. The minimum Gasteiger partial charge on any atom is -0.478 e. The number of aliphatic carboxylic acids is 1. The van der Waals surface area contributed by atoms with E-state index in [2.05, 4.69) is 22.3 Å². The first-order valence-corrected chi connectivity index (χ1v) is 11.9. The standard InChI is InChI=1S/C27H29N3O6/c1-17-23(26(31)32)25(20-10-6-11-21(14-20)30(34)35)24(18(2)28-17)27(33)36-22-12-7-13-29(16-22)15-19-8-4-3-5-9-19/h3-6,8-11,14,22,25,28H,7,12-13,15-16H2,1-2H3,(H,31,32)/t22-,25?/m1/s1. The highest BCUT2D eigenvalue weighted by molar-refractivity contribution is 5.99. The van der Waals surface area contributed by atoms with Crippen LogP contribution in [0.3, 0.4) is 0 Å². The molecule has 9 heteroatoms. The first-order valence-electron chi connectivity index (χ1n) is 11.9. The molecule has 188 valence electrons. The highest BCUT2D eigenvalue weighted by Gasteiger charge is 2.38. The van der Waals surface area contributed by atoms with E-state index in [-0.39, 0.29) is 22.9 Å². The van der Waals surface area contributed by atoms with Crippen LogP contribution in [-0.2, 0) is 20.9 Å². The van der Waals surface area contributed by atoms with Crippen LogP contribution in [0, 0.1) is 10.1 Å².